The van der Waals surface area contributed by atoms with Crippen molar-refractivity contribution < 1.29 is 14.3 Å². The molecule has 2 aromatic carbocycles. The molecule has 0 radical (unpaired) electrons. The van der Waals surface area contributed by atoms with Crippen LogP contribution in [0.2, 0.25) is 5.02 Å². The Labute approximate surface area is 207 Å². The zero-order chi connectivity index (χ0) is 24.5. The van der Waals surface area contributed by atoms with E-state index in [1.54, 1.807) is 24.5 Å². The van der Waals surface area contributed by atoms with E-state index in [-0.39, 0.29) is 18.4 Å². The van der Waals surface area contributed by atoms with Crippen molar-refractivity contribution in [3.63, 3.8) is 0 Å². The average molecular weight is 490 g/mol. The summed E-state index contributed by atoms with van der Waals surface area (Å²) < 4.78 is 6.85. The lowest BCUT2D eigenvalue weighted by atomic mass is 9.99. The summed E-state index contributed by atoms with van der Waals surface area (Å²) in [6.07, 6.45) is 4.09. The number of carbonyl (C=O) groups is 2. The van der Waals surface area contributed by atoms with Crippen molar-refractivity contribution in [2.45, 2.75) is 13.0 Å². The number of anilines is 1. The first-order valence-corrected chi connectivity index (χ1v) is 11.6. The van der Waals surface area contributed by atoms with Crippen LogP contribution in [-0.4, -0.2) is 51.5 Å². The zero-order valence-electron chi connectivity index (χ0n) is 19.4. The molecule has 0 spiro atoms. The van der Waals surface area contributed by atoms with Gasteiger partial charge in [0.2, 0.25) is 5.91 Å². The van der Waals surface area contributed by atoms with Crippen molar-refractivity contribution in [3.05, 3.63) is 76.6 Å². The molecule has 4 aromatic rings. The van der Waals surface area contributed by atoms with E-state index in [1.165, 1.54) is 7.11 Å². The van der Waals surface area contributed by atoms with Gasteiger partial charge in [-0.05, 0) is 47.9 Å². The van der Waals surface area contributed by atoms with E-state index >= 15 is 0 Å². The molecule has 0 aliphatic carbocycles. The van der Waals surface area contributed by atoms with E-state index in [0.717, 1.165) is 21.7 Å². The number of carbonyl (C=O) groups excluding carboxylic acids is 2. The standard InChI is InChI=1S/C26H24ClN5O3/c1-31-24-20(26(34)32-11-8-19-17(14-32)4-3-5-21(19)27)12-18(29-23(33)15-35-2)13-22(24)30-25(31)16-6-9-28-10-7-16/h3-7,9-10,12-13H,8,11,14-15H2,1-2H3,(H,29,33). The van der Waals surface area contributed by atoms with Gasteiger partial charge in [0.25, 0.3) is 5.91 Å². The van der Waals surface area contributed by atoms with Crippen molar-refractivity contribution in [1.29, 1.82) is 0 Å². The molecule has 0 bridgehead atoms. The number of methoxy groups -OCH3 is 1. The van der Waals surface area contributed by atoms with Crippen LogP contribution >= 0.6 is 11.6 Å². The fourth-order valence-electron chi connectivity index (χ4n) is 4.58. The van der Waals surface area contributed by atoms with Gasteiger partial charge in [-0.1, -0.05) is 23.7 Å². The quantitative estimate of drug-likeness (QED) is 0.456. The maximum absolute atomic E-state index is 13.9. The van der Waals surface area contributed by atoms with E-state index in [4.69, 9.17) is 21.3 Å². The number of nitrogens with one attached hydrogen (secondary N) is 1. The Morgan fingerprint density at radius 2 is 1.97 bits per heavy atom. The van der Waals surface area contributed by atoms with E-state index in [1.807, 2.05) is 46.8 Å². The number of aryl methyl sites for hydroxylation is 1. The van der Waals surface area contributed by atoms with Gasteiger partial charge in [-0.25, -0.2) is 4.98 Å². The first-order chi connectivity index (χ1) is 17.0. The first kappa shape index (κ1) is 23.0. The van der Waals surface area contributed by atoms with Crippen LogP contribution in [0.5, 0.6) is 0 Å². The molecule has 2 amide bonds. The predicted octanol–water partition coefficient (Wildman–Crippen LogP) is 4.07. The molecule has 3 heterocycles. The van der Waals surface area contributed by atoms with Gasteiger partial charge in [0.15, 0.2) is 0 Å². The molecule has 35 heavy (non-hydrogen) atoms. The number of nitrogens with zero attached hydrogens (tertiary/aromatic N) is 4. The average Bonchev–Trinajstić information content (AvgIpc) is 3.20. The molecular formula is C26H24ClN5O3. The molecule has 1 aliphatic rings. The van der Waals surface area contributed by atoms with Gasteiger partial charge in [-0.3, -0.25) is 14.6 Å². The zero-order valence-corrected chi connectivity index (χ0v) is 20.2. The van der Waals surface area contributed by atoms with Crippen LogP contribution in [0.4, 0.5) is 5.69 Å². The van der Waals surface area contributed by atoms with Crippen LogP contribution < -0.4 is 5.32 Å². The van der Waals surface area contributed by atoms with Crippen molar-refractivity contribution in [3.8, 4) is 11.4 Å². The lowest BCUT2D eigenvalue weighted by Gasteiger charge is -2.30. The Morgan fingerprint density at radius 1 is 1.17 bits per heavy atom. The Morgan fingerprint density at radius 3 is 2.74 bits per heavy atom. The Hall–Kier alpha value is -3.75. The smallest absolute Gasteiger partial charge is 0.256 e. The Balaban J connectivity index is 1.60. The van der Waals surface area contributed by atoms with Gasteiger partial charge < -0.3 is 19.5 Å². The van der Waals surface area contributed by atoms with Gasteiger partial charge in [0, 0.05) is 55.9 Å². The highest BCUT2D eigenvalue weighted by atomic mass is 35.5. The summed E-state index contributed by atoms with van der Waals surface area (Å²) >= 11 is 6.37. The molecule has 0 saturated carbocycles. The highest BCUT2D eigenvalue weighted by Crippen LogP contribution is 2.32. The number of pyridine rings is 1. The number of hydrogen-bond donors (Lipinski definition) is 1. The summed E-state index contributed by atoms with van der Waals surface area (Å²) in [4.78, 5) is 36.8. The molecule has 5 rings (SSSR count). The number of fused-ring (bicyclic) bond motifs is 2. The third-order valence-electron chi connectivity index (χ3n) is 6.19. The largest absolute Gasteiger partial charge is 0.375 e. The minimum absolute atomic E-state index is 0.0878. The summed E-state index contributed by atoms with van der Waals surface area (Å²) in [5.74, 6) is 0.261. The fourth-order valence-corrected chi connectivity index (χ4v) is 4.87. The summed E-state index contributed by atoms with van der Waals surface area (Å²) in [6.45, 7) is 0.924. The van der Waals surface area contributed by atoms with E-state index in [2.05, 4.69) is 10.3 Å². The molecule has 2 aromatic heterocycles. The minimum atomic E-state index is -0.308. The normalized spacial score (nSPS) is 13.1. The molecule has 1 aliphatic heterocycles. The number of amides is 2. The molecule has 0 unspecified atom stereocenters. The third kappa shape index (κ3) is 4.38. The van der Waals surface area contributed by atoms with Crippen LogP contribution in [0.25, 0.3) is 22.4 Å². The fraction of sp³-hybridized carbons (Fsp3) is 0.231. The summed E-state index contributed by atoms with van der Waals surface area (Å²) in [5.41, 5.74) is 5.27. The van der Waals surface area contributed by atoms with Gasteiger partial charge in [-0.15, -0.1) is 0 Å². The lowest BCUT2D eigenvalue weighted by molar-refractivity contribution is -0.119. The molecule has 0 saturated heterocycles. The molecule has 1 N–H and O–H groups in total. The Bertz CT molecular complexity index is 1430. The summed E-state index contributed by atoms with van der Waals surface area (Å²) in [5, 5.41) is 3.54. The second kappa shape index (κ2) is 9.48. The monoisotopic (exact) mass is 489 g/mol. The van der Waals surface area contributed by atoms with Crippen LogP contribution in [0, 0.1) is 0 Å². The van der Waals surface area contributed by atoms with Gasteiger partial charge >= 0.3 is 0 Å². The molecule has 9 heteroatoms. The SMILES string of the molecule is COCC(=O)Nc1cc(C(=O)N2CCc3c(Cl)cccc3C2)c2c(c1)nc(-c1ccncc1)n2C. The summed E-state index contributed by atoms with van der Waals surface area (Å²) in [6, 6.07) is 13.0. The number of hydrogen-bond acceptors (Lipinski definition) is 5. The number of ether oxygens (including phenoxy) is 1. The highest BCUT2D eigenvalue weighted by molar-refractivity contribution is 6.31. The number of benzene rings is 2. The van der Waals surface area contributed by atoms with E-state index < -0.39 is 0 Å². The van der Waals surface area contributed by atoms with Crippen molar-refractivity contribution in [2.75, 3.05) is 25.6 Å². The summed E-state index contributed by atoms with van der Waals surface area (Å²) in [7, 11) is 3.34. The van der Waals surface area contributed by atoms with E-state index in [0.29, 0.717) is 47.6 Å². The first-order valence-electron chi connectivity index (χ1n) is 11.2. The highest BCUT2D eigenvalue weighted by Gasteiger charge is 2.27. The predicted molar refractivity (Wildman–Crippen MR) is 134 cm³/mol. The van der Waals surface area contributed by atoms with E-state index in [9.17, 15) is 9.59 Å². The molecule has 0 fully saturated rings. The van der Waals surface area contributed by atoms with Crippen LogP contribution in [0.3, 0.4) is 0 Å². The molecule has 0 atom stereocenters. The second-order valence-electron chi connectivity index (χ2n) is 8.46. The maximum Gasteiger partial charge on any atom is 0.256 e. The minimum Gasteiger partial charge on any atom is -0.375 e. The van der Waals surface area contributed by atoms with Crippen LogP contribution in [0.1, 0.15) is 21.5 Å². The lowest BCUT2D eigenvalue weighted by Crippen LogP contribution is -2.36. The topological polar surface area (TPSA) is 89.3 Å². The number of halogens is 1. The molecular weight excluding hydrogens is 466 g/mol. The van der Waals surface area contributed by atoms with Gasteiger partial charge in [-0.2, -0.15) is 0 Å². The second-order valence-corrected chi connectivity index (χ2v) is 8.86. The molecule has 8 nitrogen and oxygen atoms in total. The van der Waals surface area contributed by atoms with Crippen molar-refractivity contribution in [2.24, 2.45) is 7.05 Å². The Kier molecular flexibility index (Phi) is 6.23. The van der Waals surface area contributed by atoms with Crippen LogP contribution in [-0.2, 0) is 29.5 Å². The maximum atomic E-state index is 13.9. The van der Waals surface area contributed by atoms with Crippen molar-refractivity contribution in [1.82, 2.24) is 19.4 Å². The molecule has 178 valence electrons. The van der Waals surface area contributed by atoms with Crippen LogP contribution in [0.15, 0.2) is 54.9 Å². The number of imidazole rings is 1. The third-order valence-corrected chi connectivity index (χ3v) is 6.55. The number of rotatable bonds is 5. The number of aromatic nitrogens is 3. The van der Waals surface area contributed by atoms with Crippen molar-refractivity contribution >= 4 is 40.1 Å². The van der Waals surface area contributed by atoms with Gasteiger partial charge in [0.05, 0.1) is 16.6 Å². The van der Waals surface area contributed by atoms with Gasteiger partial charge in [0.1, 0.15) is 12.4 Å².